The van der Waals surface area contributed by atoms with E-state index in [0.717, 1.165) is 11.3 Å². The molecule has 0 unspecified atom stereocenters. The van der Waals surface area contributed by atoms with Gasteiger partial charge in [0.1, 0.15) is 17.3 Å². The number of Topliss-reactive ketones (excluding diaryl/α,β-unsaturated/α-hetero) is 1. The summed E-state index contributed by atoms with van der Waals surface area (Å²) in [6.07, 6.45) is 5.65. The quantitative estimate of drug-likeness (QED) is 0.405. The molecule has 5 rings (SSSR count). The molecular formula is C26H23FN6O3. The van der Waals surface area contributed by atoms with Crippen molar-refractivity contribution < 1.29 is 18.7 Å². The molecule has 0 radical (unpaired) electrons. The maximum atomic E-state index is 14.7. The van der Waals surface area contributed by atoms with Gasteiger partial charge in [-0.2, -0.15) is 5.10 Å². The van der Waals surface area contributed by atoms with Crippen molar-refractivity contribution in [2.75, 3.05) is 28.6 Å². The van der Waals surface area contributed by atoms with E-state index in [1.54, 1.807) is 53.5 Å². The number of hydrogen-bond acceptors (Lipinski definition) is 6. The number of amides is 2. The Bertz CT molecular complexity index is 1440. The van der Waals surface area contributed by atoms with Gasteiger partial charge in [0.15, 0.2) is 5.78 Å². The van der Waals surface area contributed by atoms with Gasteiger partial charge in [-0.1, -0.05) is 6.07 Å². The molecule has 2 N–H and O–H groups in total. The third-order valence-corrected chi connectivity index (χ3v) is 5.65. The van der Waals surface area contributed by atoms with Crippen LogP contribution < -0.4 is 20.3 Å². The van der Waals surface area contributed by atoms with Crippen LogP contribution in [0.25, 0.3) is 11.3 Å². The number of hydrogen-bond donors (Lipinski definition) is 2. The number of pyridine rings is 1. The number of carbonyl (C=O) groups is 2. The molecule has 10 heteroatoms. The van der Waals surface area contributed by atoms with E-state index in [0.29, 0.717) is 36.6 Å². The molecule has 1 aliphatic rings. The van der Waals surface area contributed by atoms with Crippen molar-refractivity contribution in [3.05, 3.63) is 79.0 Å². The zero-order valence-corrected chi connectivity index (χ0v) is 19.4. The molecule has 4 aromatic rings. The number of aromatic nitrogens is 3. The molecule has 2 aromatic carbocycles. The second-order valence-electron chi connectivity index (χ2n) is 8.36. The van der Waals surface area contributed by atoms with E-state index >= 15 is 0 Å². The van der Waals surface area contributed by atoms with Gasteiger partial charge >= 0.3 is 6.03 Å². The first-order valence-electron chi connectivity index (χ1n) is 11.3. The van der Waals surface area contributed by atoms with E-state index in [4.69, 9.17) is 4.74 Å². The van der Waals surface area contributed by atoms with E-state index in [1.165, 1.54) is 12.1 Å². The highest BCUT2D eigenvalue weighted by molar-refractivity contribution is 6.00. The maximum absolute atomic E-state index is 14.7. The Morgan fingerprint density at radius 3 is 2.69 bits per heavy atom. The van der Waals surface area contributed by atoms with E-state index in [-0.39, 0.29) is 17.2 Å². The van der Waals surface area contributed by atoms with Gasteiger partial charge in [0, 0.05) is 61.5 Å². The highest BCUT2D eigenvalue weighted by Gasteiger charge is 2.20. The van der Waals surface area contributed by atoms with Crippen LogP contribution in [0.2, 0.25) is 0 Å². The molecule has 1 aliphatic heterocycles. The first kappa shape index (κ1) is 23.0. The summed E-state index contributed by atoms with van der Waals surface area (Å²) in [5.74, 6) is 0.302. The van der Waals surface area contributed by atoms with Crippen molar-refractivity contribution in [2.45, 2.75) is 6.42 Å². The lowest BCUT2D eigenvalue weighted by Crippen LogP contribution is -2.22. The van der Waals surface area contributed by atoms with Gasteiger partial charge < -0.3 is 20.3 Å². The lowest BCUT2D eigenvalue weighted by molar-refractivity contribution is -0.116. The Morgan fingerprint density at radius 2 is 1.94 bits per heavy atom. The van der Waals surface area contributed by atoms with Crippen LogP contribution in [0.1, 0.15) is 6.42 Å². The topological polar surface area (TPSA) is 101 Å². The van der Waals surface area contributed by atoms with E-state index in [9.17, 15) is 14.0 Å². The van der Waals surface area contributed by atoms with Crippen LogP contribution >= 0.6 is 0 Å². The van der Waals surface area contributed by atoms with Crippen LogP contribution in [0.15, 0.2) is 73.2 Å². The number of carbonyl (C=O) groups excluding carboxylic acids is 2. The van der Waals surface area contributed by atoms with E-state index < -0.39 is 11.8 Å². The number of aryl methyl sites for hydroxylation is 1. The molecule has 182 valence electrons. The second-order valence-corrected chi connectivity index (χ2v) is 8.36. The first-order chi connectivity index (χ1) is 17.4. The normalized spacial score (nSPS) is 13.1. The minimum atomic E-state index is -0.645. The summed E-state index contributed by atoms with van der Waals surface area (Å²) in [4.78, 5) is 30.3. The molecule has 0 atom stereocenters. The van der Waals surface area contributed by atoms with Crippen molar-refractivity contribution in [1.82, 2.24) is 14.8 Å². The fraction of sp³-hybridized carbons (Fsp3) is 0.154. The highest BCUT2D eigenvalue weighted by Crippen LogP contribution is 2.28. The largest absolute Gasteiger partial charge is 0.457 e. The Balaban J connectivity index is 1.22. The third kappa shape index (κ3) is 5.33. The van der Waals surface area contributed by atoms with Crippen LogP contribution in [-0.4, -0.2) is 39.7 Å². The van der Waals surface area contributed by atoms with Crippen molar-refractivity contribution in [3.8, 4) is 22.8 Å². The van der Waals surface area contributed by atoms with Crippen LogP contribution in [0, 0.1) is 5.82 Å². The summed E-state index contributed by atoms with van der Waals surface area (Å²) in [6.45, 7) is 1.01. The van der Waals surface area contributed by atoms with Gasteiger partial charge in [-0.25, -0.2) is 9.18 Å². The van der Waals surface area contributed by atoms with Crippen LogP contribution in [0.3, 0.4) is 0 Å². The SMILES string of the molecule is Cn1cc(-c2cc(Oc3ccc(NC(=O)Nc4cccc(N5CCC(=O)C5)c4)c(F)c3)ccn2)cn1. The number of nitrogens with zero attached hydrogens (tertiary/aromatic N) is 4. The van der Waals surface area contributed by atoms with E-state index in [2.05, 4.69) is 20.7 Å². The van der Waals surface area contributed by atoms with Gasteiger partial charge in [0.05, 0.1) is 24.1 Å². The predicted molar refractivity (Wildman–Crippen MR) is 134 cm³/mol. The molecular weight excluding hydrogens is 463 g/mol. The summed E-state index contributed by atoms with van der Waals surface area (Å²) in [6, 6.07) is 14.2. The minimum absolute atomic E-state index is 0.00641. The molecule has 36 heavy (non-hydrogen) atoms. The number of ketones is 1. The Labute approximate surface area is 206 Å². The number of urea groups is 1. The predicted octanol–water partition coefficient (Wildman–Crippen LogP) is 4.84. The molecule has 9 nitrogen and oxygen atoms in total. The van der Waals surface area contributed by atoms with Crippen molar-refractivity contribution in [2.24, 2.45) is 7.05 Å². The Hall–Kier alpha value is -4.73. The smallest absolute Gasteiger partial charge is 0.323 e. The standard InChI is InChI=1S/C26H23FN6O3/c1-32-15-17(14-29-32)25-13-22(7-9-28-25)36-21-5-6-24(23(27)12-21)31-26(35)30-18-3-2-4-19(11-18)33-10-8-20(34)16-33/h2-7,9,11-15H,8,10,16H2,1H3,(H2,30,31,35). The summed E-state index contributed by atoms with van der Waals surface area (Å²) in [5, 5.41) is 9.34. The van der Waals surface area contributed by atoms with Crippen molar-refractivity contribution in [3.63, 3.8) is 0 Å². The highest BCUT2D eigenvalue weighted by atomic mass is 19.1. The van der Waals surface area contributed by atoms with Gasteiger partial charge in [-0.05, 0) is 36.4 Å². The van der Waals surface area contributed by atoms with Crippen LogP contribution in [0.5, 0.6) is 11.5 Å². The van der Waals surface area contributed by atoms with Gasteiger partial charge in [-0.3, -0.25) is 14.5 Å². The minimum Gasteiger partial charge on any atom is -0.457 e. The first-order valence-corrected chi connectivity index (χ1v) is 11.3. The Morgan fingerprint density at radius 1 is 1.08 bits per heavy atom. The number of ether oxygens (including phenoxy) is 1. The van der Waals surface area contributed by atoms with Gasteiger partial charge in [0.2, 0.25) is 0 Å². The molecule has 2 aromatic heterocycles. The molecule has 3 heterocycles. The maximum Gasteiger partial charge on any atom is 0.323 e. The average molecular weight is 487 g/mol. The number of benzene rings is 2. The average Bonchev–Trinajstić information content (AvgIpc) is 3.49. The second kappa shape index (κ2) is 9.87. The van der Waals surface area contributed by atoms with Gasteiger partial charge in [0.25, 0.3) is 0 Å². The van der Waals surface area contributed by atoms with Crippen molar-refractivity contribution in [1.29, 1.82) is 0 Å². The lowest BCUT2D eigenvalue weighted by atomic mass is 10.2. The number of rotatable bonds is 6. The fourth-order valence-electron chi connectivity index (χ4n) is 3.90. The van der Waals surface area contributed by atoms with Crippen molar-refractivity contribution >= 4 is 28.9 Å². The summed E-state index contributed by atoms with van der Waals surface area (Å²) in [5.41, 5.74) is 2.89. The molecule has 1 fully saturated rings. The molecule has 0 aliphatic carbocycles. The molecule has 2 amide bonds. The molecule has 0 bridgehead atoms. The number of anilines is 3. The molecule has 0 spiro atoms. The van der Waals surface area contributed by atoms with Crippen LogP contribution in [0.4, 0.5) is 26.2 Å². The summed E-state index contributed by atoms with van der Waals surface area (Å²) < 4.78 is 22.2. The monoisotopic (exact) mass is 486 g/mol. The molecule has 1 saturated heterocycles. The third-order valence-electron chi connectivity index (χ3n) is 5.65. The molecule has 0 saturated carbocycles. The lowest BCUT2D eigenvalue weighted by Gasteiger charge is -2.17. The zero-order valence-electron chi connectivity index (χ0n) is 19.4. The van der Waals surface area contributed by atoms with Gasteiger partial charge in [-0.15, -0.1) is 0 Å². The Kier molecular flexibility index (Phi) is 6.31. The van der Waals surface area contributed by atoms with E-state index in [1.807, 2.05) is 24.2 Å². The van der Waals surface area contributed by atoms with Crippen LogP contribution in [-0.2, 0) is 11.8 Å². The summed E-state index contributed by atoms with van der Waals surface area (Å²) in [7, 11) is 1.82. The zero-order chi connectivity index (χ0) is 25.1. The number of halogens is 1. The number of nitrogens with one attached hydrogen (secondary N) is 2. The summed E-state index contributed by atoms with van der Waals surface area (Å²) >= 11 is 0. The fourth-order valence-corrected chi connectivity index (χ4v) is 3.90.